The van der Waals surface area contributed by atoms with Gasteiger partial charge in [-0.1, -0.05) is 13.8 Å². The van der Waals surface area contributed by atoms with Gasteiger partial charge in [0, 0.05) is 5.56 Å². The average molecular weight is 413 g/mol. The van der Waals surface area contributed by atoms with Crippen LogP contribution in [0.2, 0.25) is 0 Å². The molecule has 166 valence electrons. The molecule has 1 aromatic carbocycles. The predicted molar refractivity (Wildman–Crippen MR) is 115 cm³/mol. The van der Waals surface area contributed by atoms with E-state index in [4.69, 9.17) is 28.0 Å². The minimum Gasteiger partial charge on any atom is -0.508 e. The molecule has 10 heteroatoms. The van der Waals surface area contributed by atoms with Crippen LogP contribution in [0.4, 0.5) is 0 Å². The van der Waals surface area contributed by atoms with Crippen LogP contribution >= 0.6 is 0 Å². The molecule has 0 unspecified atom stereocenters. The lowest BCUT2D eigenvalue weighted by Crippen LogP contribution is -2.25. The van der Waals surface area contributed by atoms with Crippen LogP contribution in [0.15, 0.2) is 17.1 Å². The monoisotopic (exact) mass is 412 g/mol. The molecule has 0 saturated heterocycles. The van der Waals surface area contributed by atoms with Gasteiger partial charge in [0.2, 0.25) is 0 Å². The second kappa shape index (κ2) is 14.4. The fourth-order valence-electron chi connectivity index (χ4n) is 2.56. The Morgan fingerprint density at radius 3 is 1.97 bits per heavy atom. The van der Waals surface area contributed by atoms with E-state index in [9.17, 15) is 15.0 Å². The van der Waals surface area contributed by atoms with Crippen LogP contribution in [0.1, 0.15) is 56.2 Å². The molecule has 0 aliphatic carbocycles. The highest BCUT2D eigenvalue weighted by Crippen LogP contribution is 2.37. The molecule has 0 amide bonds. The molecule has 0 heterocycles. The molecule has 0 aliphatic rings. The van der Waals surface area contributed by atoms with Crippen molar-refractivity contribution in [1.82, 2.24) is 5.32 Å². The van der Waals surface area contributed by atoms with Gasteiger partial charge in [-0.25, -0.2) is 9.79 Å². The minimum atomic E-state index is -1.37. The van der Waals surface area contributed by atoms with E-state index in [-0.39, 0.29) is 28.9 Å². The second-order valence-electron chi connectivity index (χ2n) is 6.81. The van der Waals surface area contributed by atoms with Crippen LogP contribution in [0, 0.1) is 0 Å². The molecule has 1 rings (SSSR count). The maximum absolute atomic E-state index is 11.1. The summed E-state index contributed by atoms with van der Waals surface area (Å²) in [6.45, 7) is 7.29. The summed E-state index contributed by atoms with van der Waals surface area (Å²) in [5, 5.41) is 32.0. The Kier molecular flexibility index (Phi) is 13.2. The van der Waals surface area contributed by atoms with E-state index in [1.807, 2.05) is 0 Å². The van der Waals surface area contributed by atoms with Gasteiger partial charge in [-0.15, -0.1) is 0 Å². The topological polar surface area (TPSA) is 206 Å². The van der Waals surface area contributed by atoms with Crippen molar-refractivity contribution >= 4 is 11.9 Å². The van der Waals surface area contributed by atoms with Crippen LogP contribution in [0.3, 0.4) is 0 Å². The Morgan fingerprint density at radius 1 is 1.03 bits per heavy atom. The molecule has 0 saturated carbocycles. The molecule has 10 nitrogen and oxygen atoms in total. The lowest BCUT2D eigenvalue weighted by atomic mass is 9.96. The number of carboxylic acids is 1. The summed E-state index contributed by atoms with van der Waals surface area (Å²) in [7, 11) is 0. The van der Waals surface area contributed by atoms with Crippen molar-refractivity contribution in [3.8, 4) is 11.5 Å². The van der Waals surface area contributed by atoms with E-state index in [1.54, 1.807) is 13.8 Å². The highest BCUT2D eigenvalue weighted by molar-refractivity contribution is 5.83. The Labute approximate surface area is 172 Å². The summed E-state index contributed by atoms with van der Waals surface area (Å²) in [4.78, 5) is 14.6. The number of unbranched alkanes of at least 4 members (excludes halogenated alkanes) is 1. The number of guanidine groups is 1. The van der Waals surface area contributed by atoms with Crippen molar-refractivity contribution in [2.45, 2.75) is 45.1 Å². The predicted octanol–water partition coefficient (Wildman–Crippen LogP) is 0.284. The van der Waals surface area contributed by atoms with Crippen LogP contribution in [-0.4, -0.2) is 53.4 Å². The standard InChI is InChI=1S/C12H17N3O4.C7H19N3/c1-5(2)9-7(16)3-6(4-8(9)17)10(11(18)19)15-12(13)14;8-4-1-2-6-10-7-3-5-9/h3-5,10,16-17H,1-2H3,(H,18,19)(H4,13,14,15);10H,1-9H2/t10-;/m0./s1. The molecule has 0 bridgehead atoms. The van der Waals surface area contributed by atoms with E-state index in [2.05, 4.69) is 10.3 Å². The molecule has 0 aromatic heterocycles. The number of hydrogen-bond donors (Lipinski definition) is 8. The molecule has 29 heavy (non-hydrogen) atoms. The van der Waals surface area contributed by atoms with Gasteiger partial charge >= 0.3 is 5.97 Å². The Balaban J connectivity index is 0.000000665. The largest absolute Gasteiger partial charge is 0.508 e. The van der Waals surface area contributed by atoms with Gasteiger partial charge in [-0.3, -0.25) is 0 Å². The van der Waals surface area contributed by atoms with E-state index in [0.717, 1.165) is 39.0 Å². The number of benzene rings is 1. The molecule has 0 aliphatic heterocycles. The summed E-state index contributed by atoms with van der Waals surface area (Å²) < 4.78 is 0. The maximum atomic E-state index is 11.1. The van der Waals surface area contributed by atoms with Gasteiger partial charge in [0.05, 0.1) is 0 Å². The zero-order valence-electron chi connectivity index (χ0n) is 17.3. The van der Waals surface area contributed by atoms with Crippen LogP contribution in [0.5, 0.6) is 11.5 Å². The van der Waals surface area contributed by atoms with Crippen molar-refractivity contribution in [1.29, 1.82) is 0 Å². The number of carboxylic acid groups (broad SMARTS) is 1. The SMILES string of the molecule is CC(C)c1c(O)cc([C@H](N=C(N)N)C(=O)O)cc1O.NCCCCNCCCN. The Hall–Kier alpha value is -2.56. The number of aromatic hydroxyl groups is 2. The number of nitrogens with one attached hydrogen (secondary N) is 1. The quantitative estimate of drug-likeness (QED) is 0.142. The van der Waals surface area contributed by atoms with E-state index in [0.29, 0.717) is 5.56 Å². The highest BCUT2D eigenvalue weighted by Gasteiger charge is 2.23. The molecule has 0 radical (unpaired) electrons. The van der Waals surface area contributed by atoms with Crippen molar-refractivity contribution in [3.63, 3.8) is 0 Å². The second-order valence-corrected chi connectivity index (χ2v) is 6.81. The van der Waals surface area contributed by atoms with Crippen molar-refractivity contribution in [2.75, 3.05) is 26.2 Å². The molecule has 1 aromatic rings. The Bertz CT molecular complexity index is 617. The summed E-state index contributed by atoms with van der Waals surface area (Å²) in [6.07, 6.45) is 3.37. The number of aliphatic carboxylic acids is 1. The molecule has 1 atom stereocenters. The number of phenols is 2. The lowest BCUT2D eigenvalue weighted by Gasteiger charge is -2.15. The lowest BCUT2D eigenvalue weighted by molar-refractivity contribution is -0.138. The zero-order valence-corrected chi connectivity index (χ0v) is 17.3. The first-order valence-electron chi connectivity index (χ1n) is 9.63. The number of aliphatic imine (C=N–C) groups is 1. The van der Waals surface area contributed by atoms with Crippen molar-refractivity contribution in [3.05, 3.63) is 23.3 Å². The first-order valence-corrected chi connectivity index (χ1v) is 9.63. The van der Waals surface area contributed by atoms with Gasteiger partial charge in [0.15, 0.2) is 12.0 Å². The third-order valence-electron chi connectivity index (χ3n) is 3.93. The molecule has 12 N–H and O–H groups in total. The summed E-state index contributed by atoms with van der Waals surface area (Å²) in [5.41, 5.74) is 21.4. The number of phenolic OH excluding ortho intramolecular Hbond substituents is 2. The highest BCUT2D eigenvalue weighted by atomic mass is 16.4. The summed E-state index contributed by atoms with van der Waals surface area (Å²) in [6, 6.07) is 1.10. The molecule has 0 fully saturated rings. The van der Waals surface area contributed by atoms with Crippen LogP contribution < -0.4 is 28.3 Å². The number of hydrogen-bond acceptors (Lipinski definition) is 7. The first-order chi connectivity index (χ1) is 13.6. The molecule has 0 spiro atoms. The van der Waals surface area contributed by atoms with Crippen LogP contribution in [-0.2, 0) is 4.79 Å². The third kappa shape index (κ3) is 10.5. The smallest absolute Gasteiger partial charge is 0.333 e. The fraction of sp³-hybridized carbons (Fsp3) is 0.579. The molecular weight excluding hydrogens is 376 g/mol. The minimum absolute atomic E-state index is 0.0975. The van der Waals surface area contributed by atoms with Gasteiger partial charge in [-0.2, -0.15) is 0 Å². The van der Waals surface area contributed by atoms with Gasteiger partial charge in [-0.05, 0) is 69.1 Å². The summed E-state index contributed by atoms with van der Waals surface area (Å²) in [5.74, 6) is -2.17. The van der Waals surface area contributed by atoms with Gasteiger partial charge in [0.1, 0.15) is 11.5 Å². The van der Waals surface area contributed by atoms with Crippen molar-refractivity contribution in [2.24, 2.45) is 27.9 Å². The number of rotatable bonds is 11. The van der Waals surface area contributed by atoms with E-state index < -0.39 is 12.0 Å². The normalized spacial score (nSPS) is 11.5. The van der Waals surface area contributed by atoms with E-state index in [1.165, 1.54) is 18.6 Å². The van der Waals surface area contributed by atoms with Gasteiger partial charge < -0.3 is 43.6 Å². The van der Waals surface area contributed by atoms with Crippen LogP contribution in [0.25, 0.3) is 0 Å². The zero-order chi connectivity index (χ0) is 22.4. The van der Waals surface area contributed by atoms with Gasteiger partial charge in [0.25, 0.3) is 0 Å². The molecular formula is C19H36N6O4. The summed E-state index contributed by atoms with van der Waals surface area (Å²) >= 11 is 0. The average Bonchev–Trinajstić information content (AvgIpc) is 2.62. The third-order valence-corrected chi connectivity index (χ3v) is 3.93. The fourth-order valence-corrected chi connectivity index (χ4v) is 2.56. The first kappa shape index (κ1) is 26.4. The number of carbonyl (C=O) groups is 1. The van der Waals surface area contributed by atoms with Crippen molar-refractivity contribution < 1.29 is 20.1 Å². The number of nitrogens with two attached hydrogens (primary N) is 4. The maximum Gasteiger partial charge on any atom is 0.333 e. The van der Waals surface area contributed by atoms with E-state index >= 15 is 0 Å². The number of nitrogens with zero attached hydrogens (tertiary/aromatic N) is 1. The Morgan fingerprint density at radius 2 is 1.55 bits per heavy atom.